The van der Waals surface area contributed by atoms with Gasteiger partial charge in [0.15, 0.2) is 0 Å². The first-order valence-corrected chi connectivity index (χ1v) is 5.27. The molecule has 2 nitrogen and oxygen atoms in total. The molecule has 1 aliphatic carbocycles. The zero-order valence-electron chi connectivity index (χ0n) is 7.43. The summed E-state index contributed by atoms with van der Waals surface area (Å²) < 4.78 is 4.25. The van der Waals surface area contributed by atoms with E-state index in [2.05, 4.69) is 27.3 Å². The lowest BCUT2D eigenvalue weighted by atomic mass is 9.99. The maximum Gasteiger partial charge on any atom is 0.337 e. The van der Waals surface area contributed by atoms with Crippen molar-refractivity contribution in [2.45, 2.75) is 16.2 Å². The molecule has 0 amide bonds. The minimum Gasteiger partial charge on any atom is -0.465 e. The Morgan fingerprint density at radius 1 is 1.77 bits per heavy atom. The number of esters is 1. The van der Waals surface area contributed by atoms with E-state index in [4.69, 9.17) is 11.6 Å². The molecule has 0 saturated heterocycles. The summed E-state index contributed by atoms with van der Waals surface area (Å²) in [5.74, 6) is -0.294. The number of hydrogen-bond acceptors (Lipinski definition) is 2. The monoisotopic (exact) mass is 312 g/mol. The van der Waals surface area contributed by atoms with Crippen LogP contribution in [0, 0.1) is 0 Å². The maximum absolute atomic E-state index is 11.2. The molecule has 0 aromatic heterocycles. The van der Waals surface area contributed by atoms with Crippen molar-refractivity contribution in [1.29, 1.82) is 0 Å². The number of rotatable bonds is 1. The number of carbonyl (C=O) groups excluding carboxylic acids is 1. The highest BCUT2D eigenvalue weighted by atomic mass is 127. The average Bonchev–Trinajstić information content (AvgIpc) is 2.01. The lowest BCUT2D eigenvalue weighted by Crippen LogP contribution is -2.16. The number of allylic oxidation sites excluding steroid dienone is 2. The Bertz CT molecular complexity index is 292. The molecule has 0 fully saturated rings. The largest absolute Gasteiger partial charge is 0.465 e. The summed E-state index contributed by atoms with van der Waals surface area (Å²) in [7, 11) is 1.38. The van der Waals surface area contributed by atoms with Crippen LogP contribution in [0.3, 0.4) is 0 Å². The maximum atomic E-state index is 11.2. The van der Waals surface area contributed by atoms with Crippen LogP contribution in [0.1, 0.15) is 13.3 Å². The highest BCUT2D eigenvalue weighted by Crippen LogP contribution is 2.37. The van der Waals surface area contributed by atoms with E-state index in [9.17, 15) is 4.79 Å². The van der Waals surface area contributed by atoms with Crippen LogP contribution in [0.5, 0.6) is 0 Å². The van der Waals surface area contributed by atoms with Crippen molar-refractivity contribution >= 4 is 40.2 Å². The number of methoxy groups -OCH3 is 1. The van der Waals surface area contributed by atoms with Gasteiger partial charge in [0, 0.05) is 6.42 Å². The van der Waals surface area contributed by atoms with Gasteiger partial charge in [0.1, 0.15) is 2.88 Å². The van der Waals surface area contributed by atoms with Gasteiger partial charge in [-0.1, -0.05) is 34.2 Å². The molecular formula is C9H10ClIO2. The molecule has 72 valence electrons. The third kappa shape index (κ3) is 2.71. The summed E-state index contributed by atoms with van der Waals surface area (Å²) in [6, 6.07) is 0. The molecule has 0 aromatic carbocycles. The van der Waals surface area contributed by atoms with Gasteiger partial charge in [0.25, 0.3) is 0 Å². The molecule has 0 heterocycles. The van der Waals surface area contributed by atoms with Crippen molar-refractivity contribution in [3.63, 3.8) is 0 Å². The van der Waals surface area contributed by atoms with E-state index in [-0.39, 0.29) is 8.85 Å². The molecule has 0 N–H and O–H groups in total. The zero-order chi connectivity index (χ0) is 10.1. The number of ether oxygens (including phenoxy) is 1. The van der Waals surface area contributed by atoms with Crippen molar-refractivity contribution in [3.05, 3.63) is 23.3 Å². The Kier molecular flexibility index (Phi) is 3.40. The summed E-state index contributed by atoms with van der Waals surface area (Å²) >= 11 is 8.24. The molecule has 0 aliphatic heterocycles. The average molecular weight is 313 g/mol. The molecule has 1 aliphatic rings. The first kappa shape index (κ1) is 11.0. The minimum atomic E-state index is -0.390. The Morgan fingerprint density at radius 3 is 2.85 bits per heavy atom. The van der Waals surface area contributed by atoms with E-state index in [1.807, 2.05) is 13.0 Å². The van der Waals surface area contributed by atoms with Crippen molar-refractivity contribution in [1.82, 2.24) is 0 Å². The summed E-state index contributed by atoms with van der Waals surface area (Å²) in [4.78, 5) is 11.2. The molecule has 13 heavy (non-hydrogen) atoms. The zero-order valence-corrected chi connectivity index (χ0v) is 10.3. The van der Waals surface area contributed by atoms with Gasteiger partial charge >= 0.3 is 5.97 Å². The fourth-order valence-corrected chi connectivity index (χ4v) is 2.22. The van der Waals surface area contributed by atoms with Crippen LogP contribution >= 0.6 is 34.2 Å². The first-order valence-electron chi connectivity index (χ1n) is 3.81. The van der Waals surface area contributed by atoms with E-state index >= 15 is 0 Å². The van der Waals surface area contributed by atoms with E-state index < -0.39 is 0 Å². The number of hydrogen-bond donors (Lipinski definition) is 0. The molecule has 1 rings (SSSR count). The van der Waals surface area contributed by atoms with Crippen LogP contribution in [-0.2, 0) is 9.53 Å². The number of carbonyl (C=O) groups is 1. The van der Waals surface area contributed by atoms with E-state index in [0.29, 0.717) is 12.0 Å². The van der Waals surface area contributed by atoms with Crippen LogP contribution in [-0.4, -0.2) is 16.0 Å². The van der Waals surface area contributed by atoms with Gasteiger partial charge in [-0.15, -0.1) is 11.6 Å². The summed E-state index contributed by atoms with van der Waals surface area (Å²) in [6.45, 7) is 1.89. The molecule has 0 radical (unpaired) electrons. The second-order valence-corrected chi connectivity index (χ2v) is 6.19. The summed E-state index contributed by atoms with van der Waals surface area (Å²) in [5.41, 5.74) is 1.59. The predicted octanol–water partition coefficient (Wildman–Crippen LogP) is 2.81. The SMILES string of the molecule is COC(=O)C1=C(C)CC(Cl)(I)C=C1. The van der Waals surface area contributed by atoms with Crippen LogP contribution in [0.2, 0.25) is 0 Å². The highest BCUT2D eigenvalue weighted by molar-refractivity contribution is 14.1. The molecule has 0 aromatic rings. The molecule has 1 unspecified atom stereocenters. The lowest BCUT2D eigenvalue weighted by molar-refractivity contribution is -0.135. The predicted molar refractivity (Wildman–Crippen MR) is 61.1 cm³/mol. The van der Waals surface area contributed by atoms with Gasteiger partial charge < -0.3 is 4.74 Å². The second kappa shape index (κ2) is 4.00. The standard InChI is InChI=1S/C9H10ClIO2/c1-6-5-9(10,11)4-3-7(6)8(12)13-2/h3-4H,5H2,1-2H3. The van der Waals surface area contributed by atoms with Crippen LogP contribution in [0.25, 0.3) is 0 Å². The summed E-state index contributed by atoms with van der Waals surface area (Å²) in [6.07, 6.45) is 4.22. The molecule has 1 atom stereocenters. The molecule has 0 spiro atoms. The van der Waals surface area contributed by atoms with Gasteiger partial charge in [-0.05, 0) is 13.0 Å². The Hall–Kier alpha value is -0.0300. The van der Waals surface area contributed by atoms with Crippen molar-refractivity contribution < 1.29 is 9.53 Å². The number of halogens is 2. The van der Waals surface area contributed by atoms with Gasteiger partial charge in [-0.25, -0.2) is 4.79 Å². The fourth-order valence-electron chi connectivity index (χ4n) is 1.21. The van der Waals surface area contributed by atoms with Crippen LogP contribution in [0.4, 0.5) is 0 Å². The number of alkyl halides is 2. The van der Waals surface area contributed by atoms with E-state index in [1.54, 1.807) is 6.08 Å². The molecular weight excluding hydrogens is 302 g/mol. The van der Waals surface area contributed by atoms with Crippen molar-refractivity contribution in [2.75, 3.05) is 7.11 Å². The Balaban J connectivity index is 2.91. The molecule has 0 saturated carbocycles. The third-order valence-corrected chi connectivity index (χ3v) is 2.86. The first-order chi connectivity index (χ1) is 5.96. The lowest BCUT2D eigenvalue weighted by Gasteiger charge is -2.21. The molecule has 0 bridgehead atoms. The van der Waals surface area contributed by atoms with Gasteiger partial charge in [-0.3, -0.25) is 0 Å². The van der Waals surface area contributed by atoms with Gasteiger partial charge in [0.2, 0.25) is 0 Å². The fraction of sp³-hybridized carbons (Fsp3) is 0.444. The van der Waals surface area contributed by atoms with E-state index in [1.165, 1.54) is 7.11 Å². The van der Waals surface area contributed by atoms with E-state index in [0.717, 1.165) is 5.57 Å². The summed E-state index contributed by atoms with van der Waals surface area (Å²) in [5, 5.41) is 0. The quantitative estimate of drug-likeness (QED) is 0.423. The topological polar surface area (TPSA) is 26.3 Å². The van der Waals surface area contributed by atoms with Gasteiger partial charge in [0.05, 0.1) is 12.7 Å². The second-order valence-electron chi connectivity index (χ2n) is 2.96. The van der Waals surface area contributed by atoms with Gasteiger partial charge in [-0.2, -0.15) is 0 Å². The highest BCUT2D eigenvalue weighted by Gasteiger charge is 2.26. The van der Waals surface area contributed by atoms with Crippen LogP contribution in [0.15, 0.2) is 23.3 Å². The van der Waals surface area contributed by atoms with Crippen molar-refractivity contribution in [3.8, 4) is 0 Å². The third-order valence-electron chi connectivity index (χ3n) is 1.86. The van der Waals surface area contributed by atoms with Crippen molar-refractivity contribution in [2.24, 2.45) is 0 Å². The van der Waals surface area contributed by atoms with Crippen LogP contribution < -0.4 is 0 Å². The Labute approximate surface area is 96.1 Å². The normalized spacial score (nSPS) is 27.7. The smallest absolute Gasteiger partial charge is 0.337 e. The molecule has 4 heteroatoms. The minimum absolute atomic E-state index is 0.294. The Morgan fingerprint density at radius 2 is 2.38 bits per heavy atom.